The predicted octanol–water partition coefficient (Wildman–Crippen LogP) is 8.79. The zero-order valence-corrected chi connectivity index (χ0v) is 21.6. The average Bonchev–Trinajstić information content (AvgIpc) is 3.44. The molecule has 226 valence electrons. The Morgan fingerprint density at radius 1 is 0.667 bits per heavy atom. The Labute approximate surface area is 233 Å². The fourth-order valence-electron chi connectivity index (χ4n) is 5.28. The predicted molar refractivity (Wildman–Crippen MR) is 129 cm³/mol. The minimum Gasteiger partial charge on any atom is -0.429 e. The number of halogens is 9. The monoisotopic (exact) mass is 606 g/mol. The summed E-state index contributed by atoms with van der Waals surface area (Å²) in [5.41, 5.74) is -2.24. The van der Waals surface area contributed by atoms with E-state index in [1.165, 1.54) is 25.0 Å². The number of hydrogen-bond donors (Lipinski definition) is 0. The molecule has 1 saturated heterocycles. The van der Waals surface area contributed by atoms with Gasteiger partial charge in [0.1, 0.15) is 28.8 Å². The molecule has 2 aliphatic rings. The summed E-state index contributed by atoms with van der Waals surface area (Å²) < 4.78 is 144. The Morgan fingerprint density at radius 2 is 1.31 bits per heavy atom. The van der Waals surface area contributed by atoms with Crippen LogP contribution >= 0.6 is 0 Å². The molecular formula is C29H23F9O4. The van der Waals surface area contributed by atoms with Crippen molar-refractivity contribution in [1.82, 2.24) is 0 Å². The summed E-state index contributed by atoms with van der Waals surface area (Å²) in [6, 6.07) is 5.62. The Balaban J connectivity index is 1.31. The maximum absolute atomic E-state index is 15.0. The van der Waals surface area contributed by atoms with E-state index in [2.05, 4.69) is 9.47 Å². The van der Waals surface area contributed by atoms with Crippen LogP contribution in [0.15, 0.2) is 48.5 Å². The van der Waals surface area contributed by atoms with Crippen LogP contribution in [0.4, 0.5) is 39.5 Å². The van der Waals surface area contributed by atoms with Gasteiger partial charge < -0.3 is 18.9 Å². The van der Waals surface area contributed by atoms with Crippen molar-refractivity contribution in [2.45, 2.75) is 44.4 Å². The Kier molecular flexibility index (Phi) is 8.35. The highest BCUT2D eigenvalue weighted by Crippen LogP contribution is 2.40. The summed E-state index contributed by atoms with van der Waals surface area (Å²) in [5.74, 6) is -7.85. The first-order valence-corrected chi connectivity index (χ1v) is 13.0. The highest BCUT2D eigenvalue weighted by atomic mass is 19.4. The number of benzene rings is 3. The Bertz CT molecular complexity index is 1410. The molecule has 13 heteroatoms. The Morgan fingerprint density at radius 3 is 1.88 bits per heavy atom. The van der Waals surface area contributed by atoms with Gasteiger partial charge in [-0.1, -0.05) is 37.8 Å². The maximum atomic E-state index is 15.0. The lowest BCUT2D eigenvalue weighted by Gasteiger charge is -2.32. The third-order valence-electron chi connectivity index (χ3n) is 7.27. The molecule has 4 nitrogen and oxygen atoms in total. The second-order valence-corrected chi connectivity index (χ2v) is 10.1. The third-order valence-corrected chi connectivity index (χ3v) is 7.27. The molecule has 3 aromatic carbocycles. The minimum atomic E-state index is -5.25. The van der Waals surface area contributed by atoms with Gasteiger partial charge in [0.15, 0.2) is 17.9 Å². The fourth-order valence-corrected chi connectivity index (χ4v) is 5.28. The van der Waals surface area contributed by atoms with Crippen LogP contribution < -0.4 is 9.47 Å². The van der Waals surface area contributed by atoms with Gasteiger partial charge in [-0.3, -0.25) is 0 Å². The van der Waals surface area contributed by atoms with Crippen LogP contribution in [0.1, 0.15) is 43.1 Å². The summed E-state index contributed by atoms with van der Waals surface area (Å²) in [6.07, 6.45) is -6.26. The molecule has 1 aliphatic heterocycles. The summed E-state index contributed by atoms with van der Waals surface area (Å²) >= 11 is 0. The molecule has 2 fully saturated rings. The number of ether oxygens (including phenoxy) is 4. The van der Waals surface area contributed by atoms with Gasteiger partial charge in [-0.15, -0.1) is 13.2 Å². The molecule has 1 saturated carbocycles. The molecule has 5 rings (SSSR count). The van der Waals surface area contributed by atoms with E-state index in [0.29, 0.717) is 49.0 Å². The van der Waals surface area contributed by atoms with Crippen molar-refractivity contribution in [1.29, 1.82) is 0 Å². The van der Waals surface area contributed by atoms with Gasteiger partial charge in [0.25, 0.3) is 0 Å². The van der Waals surface area contributed by atoms with E-state index in [4.69, 9.17) is 9.47 Å². The molecule has 0 radical (unpaired) electrons. The molecule has 0 atom stereocenters. The zero-order valence-electron chi connectivity index (χ0n) is 21.6. The molecule has 1 heterocycles. The summed E-state index contributed by atoms with van der Waals surface area (Å²) in [5, 5.41) is 0. The molecule has 0 bridgehead atoms. The van der Waals surface area contributed by atoms with Crippen molar-refractivity contribution in [3.8, 4) is 22.6 Å². The van der Waals surface area contributed by atoms with Crippen molar-refractivity contribution in [2.24, 2.45) is 11.8 Å². The van der Waals surface area contributed by atoms with Crippen LogP contribution in [-0.2, 0) is 15.6 Å². The number of rotatable bonds is 7. The van der Waals surface area contributed by atoms with Crippen LogP contribution in [0.5, 0.6) is 11.5 Å². The first-order chi connectivity index (χ1) is 19.8. The fraction of sp³-hybridized carbons (Fsp3) is 0.379. The van der Waals surface area contributed by atoms with E-state index in [0.717, 1.165) is 18.9 Å². The lowest BCUT2D eigenvalue weighted by atomic mass is 9.91. The van der Waals surface area contributed by atoms with E-state index in [9.17, 15) is 35.1 Å². The first kappa shape index (κ1) is 30.0. The molecule has 0 N–H and O–H groups in total. The molecule has 42 heavy (non-hydrogen) atoms. The first-order valence-electron chi connectivity index (χ1n) is 13.0. The smallest absolute Gasteiger partial charge is 0.429 e. The SMILES string of the molecule is Fc1cc(OC(F)(F)c2c(F)cc(-c3ccc(C4OCC(C5CCCC5)CO4)cc3F)cc2F)ccc1OC(F)(F)F. The van der Waals surface area contributed by atoms with Crippen molar-refractivity contribution in [3.05, 3.63) is 82.9 Å². The summed E-state index contributed by atoms with van der Waals surface area (Å²) in [4.78, 5) is 0. The van der Waals surface area contributed by atoms with Crippen LogP contribution in [0.25, 0.3) is 11.1 Å². The van der Waals surface area contributed by atoms with Gasteiger partial charge in [-0.25, -0.2) is 17.6 Å². The highest BCUT2D eigenvalue weighted by Gasteiger charge is 2.42. The second kappa shape index (κ2) is 11.7. The van der Waals surface area contributed by atoms with Crippen molar-refractivity contribution in [2.75, 3.05) is 13.2 Å². The minimum absolute atomic E-state index is 0.130. The zero-order chi connectivity index (χ0) is 30.2. The maximum Gasteiger partial charge on any atom is 0.573 e. The van der Waals surface area contributed by atoms with Gasteiger partial charge in [0, 0.05) is 23.1 Å². The highest BCUT2D eigenvalue weighted by molar-refractivity contribution is 5.65. The molecule has 0 aromatic heterocycles. The van der Waals surface area contributed by atoms with E-state index < -0.39 is 64.7 Å². The summed E-state index contributed by atoms with van der Waals surface area (Å²) in [6.45, 7) is 0.899. The quantitative estimate of drug-likeness (QED) is 0.252. The molecule has 0 spiro atoms. The van der Waals surface area contributed by atoms with E-state index in [-0.39, 0.29) is 17.5 Å². The van der Waals surface area contributed by atoms with Crippen LogP contribution in [0.3, 0.4) is 0 Å². The second-order valence-electron chi connectivity index (χ2n) is 10.1. The topological polar surface area (TPSA) is 36.9 Å². The van der Waals surface area contributed by atoms with Gasteiger partial charge >= 0.3 is 12.5 Å². The number of alkyl halides is 5. The third kappa shape index (κ3) is 6.62. The molecule has 3 aromatic rings. The summed E-state index contributed by atoms with van der Waals surface area (Å²) in [7, 11) is 0. The van der Waals surface area contributed by atoms with Gasteiger partial charge in [0.05, 0.1) is 13.2 Å². The normalized spacial score (nSPS) is 20.1. The van der Waals surface area contributed by atoms with Crippen molar-refractivity contribution < 1.29 is 58.5 Å². The van der Waals surface area contributed by atoms with Gasteiger partial charge in [-0.05, 0) is 41.8 Å². The van der Waals surface area contributed by atoms with Crippen LogP contribution in [0.2, 0.25) is 0 Å². The standard InChI is InChI=1S/C29H23F9O4/c30-21-9-16(27-39-13-18(14-40-27)15-3-1-2-4-15)5-7-20(21)17-10-23(32)26(24(33)11-17)28(34,35)41-19-6-8-25(22(31)12-19)42-29(36,37)38/h5-12,15,18,27H,1-4,13-14H2. The molecule has 0 amide bonds. The van der Waals surface area contributed by atoms with E-state index in [1.54, 1.807) is 0 Å². The van der Waals surface area contributed by atoms with Gasteiger partial charge in [-0.2, -0.15) is 8.78 Å². The van der Waals surface area contributed by atoms with Crippen LogP contribution in [-0.4, -0.2) is 19.6 Å². The van der Waals surface area contributed by atoms with Crippen molar-refractivity contribution in [3.63, 3.8) is 0 Å². The average molecular weight is 606 g/mol. The molecule has 1 aliphatic carbocycles. The van der Waals surface area contributed by atoms with E-state index in [1.807, 2.05) is 0 Å². The lowest BCUT2D eigenvalue weighted by molar-refractivity contribution is -0.275. The largest absolute Gasteiger partial charge is 0.573 e. The Hall–Kier alpha value is -3.45. The lowest BCUT2D eigenvalue weighted by Crippen LogP contribution is -2.31. The van der Waals surface area contributed by atoms with Gasteiger partial charge in [0.2, 0.25) is 0 Å². The number of hydrogen-bond acceptors (Lipinski definition) is 4. The molecular weight excluding hydrogens is 583 g/mol. The molecule has 0 unspecified atom stereocenters. The van der Waals surface area contributed by atoms with Crippen molar-refractivity contribution >= 4 is 0 Å². The van der Waals surface area contributed by atoms with E-state index >= 15 is 4.39 Å². The van der Waals surface area contributed by atoms with Crippen LogP contribution in [0, 0.1) is 35.1 Å².